The third-order valence-corrected chi connectivity index (χ3v) is 6.50. The molecule has 0 aliphatic carbocycles. The summed E-state index contributed by atoms with van der Waals surface area (Å²) in [6, 6.07) is 15.2. The van der Waals surface area contributed by atoms with Crippen molar-refractivity contribution in [2.75, 3.05) is 26.2 Å². The Morgan fingerprint density at radius 1 is 0.850 bits per heavy atom. The van der Waals surface area contributed by atoms with E-state index in [1.54, 1.807) is 21.9 Å². The van der Waals surface area contributed by atoms with Crippen molar-refractivity contribution in [3.8, 4) is 22.8 Å². The van der Waals surface area contributed by atoms with E-state index in [2.05, 4.69) is 10.1 Å². The van der Waals surface area contributed by atoms with Crippen LogP contribution in [0, 0.1) is 0 Å². The molecule has 2 heterocycles. The predicted octanol–water partition coefficient (Wildman–Crippen LogP) is 6.27. The summed E-state index contributed by atoms with van der Waals surface area (Å²) in [4.78, 5) is 33.6. The van der Waals surface area contributed by atoms with Crippen LogP contribution < -0.4 is 0 Å². The standard InChI is InChI=1S/C29H27F3N4O4/c1-28(2,3)39-27(38)36-16-14-35(15-17-36)26(37)23-13-12-22(20-6-4-5-7-21(20)23)25-33-24(34-40-25)18-8-10-19(11-9-18)29(30,31)32/h4-13H,14-17H2,1-3H3. The lowest BCUT2D eigenvalue weighted by molar-refractivity contribution is -0.137. The summed E-state index contributed by atoms with van der Waals surface area (Å²) in [6.45, 7) is 6.90. The zero-order valence-corrected chi connectivity index (χ0v) is 22.2. The van der Waals surface area contributed by atoms with Gasteiger partial charge in [0.2, 0.25) is 5.82 Å². The van der Waals surface area contributed by atoms with Crippen LogP contribution in [0.3, 0.4) is 0 Å². The number of benzene rings is 3. The quantitative estimate of drug-likeness (QED) is 0.298. The molecule has 2 amide bonds. The molecule has 208 valence electrons. The first-order valence-corrected chi connectivity index (χ1v) is 12.7. The molecule has 0 radical (unpaired) electrons. The number of rotatable bonds is 3. The SMILES string of the molecule is CC(C)(C)OC(=O)N1CCN(C(=O)c2ccc(-c3nc(-c4ccc(C(F)(F)F)cc4)no3)c3ccccc23)CC1. The van der Waals surface area contributed by atoms with E-state index in [1.807, 2.05) is 45.0 Å². The molecular formula is C29H27F3N4O4. The van der Waals surface area contributed by atoms with E-state index in [0.717, 1.165) is 12.1 Å². The van der Waals surface area contributed by atoms with Gasteiger partial charge in [0.25, 0.3) is 11.8 Å². The molecule has 0 N–H and O–H groups in total. The molecule has 0 bridgehead atoms. The molecule has 4 aromatic rings. The molecule has 0 saturated carbocycles. The van der Waals surface area contributed by atoms with Crippen molar-refractivity contribution in [1.82, 2.24) is 19.9 Å². The number of carbonyl (C=O) groups is 2. The highest BCUT2D eigenvalue weighted by Gasteiger charge is 2.31. The fraction of sp³-hybridized carbons (Fsp3) is 0.310. The van der Waals surface area contributed by atoms with Crippen molar-refractivity contribution < 1.29 is 32.0 Å². The van der Waals surface area contributed by atoms with Gasteiger partial charge in [0.05, 0.1) is 5.56 Å². The van der Waals surface area contributed by atoms with Crippen molar-refractivity contribution >= 4 is 22.8 Å². The summed E-state index contributed by atoms with van der Waals surface area (Å²) < 4.78 is 49.6. The van der Waals surface area contributed by atoms with Crippen LogP contribution in [-0.4, -0.2) is 63.7 Å². The molecular weight excluding hydrogens is 525 g/mol. The number of fused-ring (bicyclic) bond motifs is 1. The summed E-state index contributed by atoms with van der Waals surface area (Å²) in [5.41, 5.74) is 0.101. The van der Waals surface area contributed by atoms with Gasteiger partial charge >= 0.3 is 12.3 Å². The van der Waals surface area contributed by atoms with Crippen LogP contribution in [0.4, 0.5) is 18.0 Å². The molecule has 3 aromatic carbocycles. The number of amides is 2. The predicted molar refractivity (Wildman–Crippen MR) is 141 cm³/mol. The van der Waals surface area contributed by atoms with Gasteiger partial charge in [-0.05, 0) is 55.8 Å². The van der Waals surface area contributed by atoms with Crippen LogP contribution in [-0.2, 0) is 10.9 Å². The number of aromatic nitrogens is 2. The van der Waals surface area contributed by atoms with Crippen molar-refractivity contribution in [2.24, 2.45) is 0 Å². The average molecular weight is 553 g/mol. The van der Waals surface area contributed by atoms with Crippen LogP contribution in [0.1, 0.15) is 36.7 Å². The summed E-state index contributed by atoms with van der Waals surface area (Å²) in [6.07, 6.45) is -4.84. The van der Waals surface area contributed by atoms with E-state index in [0.29, 0.717) is 53.6 Å². The van der Waals surface area contributed by atoms with Crippen LogP contribution in [0.25, 0.3) is 33.6 Å². The molecule has 8 nitrogen and oxygen atoms in total. The molecule has 1 aliphatic heterocycles. The Labute approximate surface area is 228 Å². The van der Waals surface area contributed by atoms with Crippen molar-refractivity contribution in [1.29, 1.82) is 0 Å². The van der Waals surface area contributed by atoms with Crippen molar-refractivity contribution in [2.45, 2.75) is 32.5 Å². The molecule has 1 saturated heterocycles. The van der Waals surface area contributed by atoms with E-state index >= 15 is 0 Å². The number of halogens is 3. The first kappa shape index (κ1) is 27.2. The molecule has 0 spiro atoms. The topological polar surface area (TPSA) is 88.8 Å². The second-order valence-electron chi connectivity index (χ2n) is 10.5. The minimum absolute atomic E-state index is 0.149. The normalized spacial score (nSPS) is 14.4. The Morgan fingerprint density at radius 3 is 2.10 bits per heavy atom. The first-order chi connectivity index (χ1) is 18.9. The largest absolute Gasteiger partial charge is 0.444 e. The monoisotopic (exact) mass is 552 g/mol. The maximum Gasteiger partial charge on any atom is 0.416 e. The zero-order valence-electron chi connectivity index (χ0n) is 22.2. The maximum absolute atomic E-state index is 13.5. The van der Waals surface area contributed by atoms with Gasteiger partial charge < -0.3 is 19.1 Å². The summed E-state index contributed by atoms with van der Waals surface area (Å²) in [5.74, 6) is 0.162. The zero-order chi connectivity index (χ0) is 28.7. The Morgan fingerprint density at radius 2 is 1.48 bits per heavy atom. The van der Waals surface area contributed by atoms with E-state index in [4.69, 9.17) is 9.26 Å². The van der Waals surface area contributed by atoms with Gasteiger partial charge in [-0.2, -0.15) is 18.2 Å². The third kappa shape index (κ3) is 5.63. The van der Waals surface area contributed by atoms with Gasteiger partial charge in [0.1, 0.15) is 5.60 Å². The van der Waals surface area contributed by atoms with E-state index in [1.165, 1.54) is 12.1 Å². The summed E-state index contributed by atoms with van der Waals surface area (Å²) >= 11 is 0. The van der Waals surface area contributed by atoms with Crippen LogP contribution in [0.5, 0.6) is 0 Å². The van der Waals surface area contributed by atoms with Crippen LogP contribution in [0.2, 0.25) is 0 Å². The minimum atomic E-state index is -4.44. The van der Waals surface area contributed by atoms with Crippen LogP contribution >= 0.6 is 0 Å². The Kier molecular flexibility index (Phi) is 6.99. The second kappa shape index (κ2) is 10.3. The number of ether oxygens (including phenoxy) is 1. The van der Waals surface area contributed by atoms with E-state index < -0.39 is 23.4 Å². The van der Waals surface area contributed by atoms with Gasteiger partial charge in [0.15, 0.2) is 0 Å². The molecule has 0 atom stereocenters. The van der Waals surface area contributed by atoms with E-state index in [9.17, 15) is 22.8 Å². The lowest BCUT2D eigenvalue weighted by Crippen LogP contribution is -2.51. The Hall–Kier alpha value is -4.41. The molecule has 1 aliphatic rings. The number of alkyl halides is 3. The van der Waals surface area contributed by atoms with Crippen LogP contribution in [0.15, 0.2) is 65.2 Å². The smallest absolute Gasteiger partial charge is 0.416 e. The van der Waals surface area contributed by atoms with E-state index in [-0.39, 0.29) is 17.6 Å². The van der Waals surface area contributed by atoms with Gasteiger partial charge in [-0.15, -0.1) is 0 Å². The molecule has 1 fully saturated rings. The highest BCUT2D eigenvalue weighted by atomic mass is 19.4. The van der Waals surface area contributed by atoms with Gasteiger partial charge in [-0.1, -0.05) is 41.6 Å². The number of hydrogen-bond acceptors (Lipinski definition) is 6. The van der Waals surface area contributed by atoms with Gasteiger partial charge in [-0.3, -0.25) is 4.79 Å². The van der Waals surface area contributed by atoms with Crippen molar-refractivity contribution in [3.05, 3.63) is 71.8 Å². The first-order valence-electron chi connectivity index (χ1n) is 12.7. The Balaban J connectivity index is 1.37. The number of nitrogens with zero attached hydrogens (tertiary/aromatic N) is 4. The third-order valence-electron chi connectivity index (χ3n) is 6.50. The maximum atomic E-state index is 13.5. The number of carbonyl (C=O) groups excluding carboxylic acids is 2. The number of hydrogen-bond donors (Lipinski definition) is 0. The average Bonchev–Trinajstić information content (AvgIpc) is 3.41. The molecule has 40 heavy (non-hydrogen) atoms. The molecule has 1 aromatic heterocycles. The van der Waals surface area contributed by atoms with Gasteiger partial charge in [-0.25, -0.2) is 4.79 Å². The molecule has 11 heteroatoms. The summed E-state index contributed by atoms with van der Waals surface area (Å²) in [5, 5.41) is 5.35. The Bertz CT molecular complexity index is 1550. The highest BCUT2D eigenvalue weighted by molar-refractivity contribution is 6.10. The molecule has 0 unspecified atom stereocenters. The second-order valence-corrected chi connectivity index (χ2v) is 10.5. The fourth-order valence-electron chi connectivity index (χ4n) is 4.52. The van der Waals surface area contributed by atoms with Gasteiger partial charge in [0, 0.05) is 42.9 Å². The number of piperazine rings is 1. The lowest BCUT2D eigenvalue weighted by Gasteiger charge is -2.35. The minimum Gasteiger partial charge on any atom is -0.444 e. The van der Waals surface area contributed by atoms with Crippen molar-refractivity contribution in [3.63, 3.8) is 0 Å². The lowest BCUT2D eigenvalue weighted by atomic mass is 9.98. The highest BCUT2D eigenvalue weighted by Crippen LogP contribution is 2.33. The summed E-state index contributed by atoms with van der Waals surface area (Å²) in [7, 11) is 0. The molecule has 5 rings (SSSR count). The fourth-order valence-corrected chi connectivity index (χ4v) is 4.52.